The van der Waals surface area contributed by atoms with Crippen LogP contribution in [0, 0.1) is 0 Å². The lowest BCUT2D eigenvalue weighted by Gasteiger charge is -2.09. The number of ether oxygens (including phenoxy) is 3. The van der Waals surface area contributed by atoms with Crippen LogP contribution in [0.5, 0.6) is 17.2 Å². The Labute approximate surface area is 176 Å². The highest BCUT2D eigenvalue weighted by Gasteiger charge is 2.05. The fourth-order valence-electron chi connectivity index (χ4n) is 2.79. The van der Waals surface area contributed by atoms with E-state index in [-0.39, 0.29) is 5.91 Å². The van der Waals surface area contributed by atoms with Crippen LogP contribution in [0.4, 0.5) is 5.69 Å². The third-order valence-corrected chi connectivity index (χ3v) is 4.28. The standard InChI is InChI=1S/C25H25NO4/c1-3-29-23-15-9-19(17-24(23)28-2)10-16-25(27)26-21-11-13-22(14-12-21)30-18-20-7-5-4-6-8-20/h4-17H,3,18H2,1-2H3,(H,26,27)/b16-10+. The second-order valence-corrected chi connectivity index (χ2v) is 6.46. The Balaban J connectivity index is 1.54. The van der Waals surface area contributed by atoms with Crippen molar-refractivity contribution in [2.24, 2.45) is 0 Å². The molecule has 0 fully saturated rings. The summed E-state index contributed by atoms with van der Waals surface area (Å²) in [6.07, 6.45) is 3.21. The lowest BCUT2D eigenvalue weighted by atomic mass is 10.2. The molecule has 0 saturated carbocycles. The molecule has 0 atom stereocenters. The number of rotatable bonds is 9. The summed E-state index contributed by atoms with van der Waals surface area (Å²) in [7, 11) is 1.59. The zero-order chi connectivity index (χ0) is 21.2. The number of amides is 1. The van der Waals surface area contributed by atoms with Gasteiger partial charge in [-0.25, -0.2) is 0 Å². The van der Waals surface area contributed by atoms with Crippen molar-refractivity contribution in [3.8, 4) is 17.2 Å². The molecule has 1 amide bonds. The maximum absolute atomic E-state index is 12.2. The van der Waals surface area contributed by atoms with E-state index in [4.69, 9.17) is 14.2 Å². The average molecular weight is 403 g/mol. The van der Waals surface area contributed by atoms with Crippen molar-refractivity contribution in [2.75, 3.05) is 19.0 Å². The Bertz CT molecular complexity index is 982. The first-order valence-electron chi connectivity index (χ1n) is 9.74. The average Bonchev–Trinajstić information content (AvgIpc) is 2.79. The van der Waals surface area contributed by atoms with Gasteiger partial charge in [0.1, 0.15) is 12.4 Å². The van der Waals surface area contributed by atoms with Gasteiger partial charge in [-0.05, 0) is 60.5 Å². The first-order valence-corrected chi connectivity index (χ1v) is 9.74. The fourth-order valence-corrected chi connectivity index (χ4v) is 2.79. The number of carbonyl (C=O) groups is 1. The molecule has 0 heterocycles. The van der Waals surface area contributed by atoms with Crippen molar-refractivity contribution in [2.45, 2.75) is 13.5 Å². The van der Waals surface area contributed by atoms with Crippen molar-refractivity contribution in [3.05, 3.63) is 90.0 Å². The molecule has 154 valence electrons. The van der Waals surface area contributed by atoms with Gasteiger partial charge in [0.2, 0.25) is 5.91 Å². The van der Waals surface area contributed by atoms with Gasteiger partial charge < -0.3 is 19.5 Å². The predicted molar refractivity (Wildman–Crippen MR) is 119 cm³/mol. The molecule has 5 nitrogen and oxygen atoms in total. The van der Waals surface area contributed by atoms with Crippen LogP contribution in [0.1, 0.15) is 18.1 Å². The third-order valence-electron chi connectivity index (χ3n) is 4.28. The summed E-state index contributed by atoms with van der Waals surface area (Å²) in [5.74, 6) is 1.83. The molecule has 0 aliphatic heterocycles. The lowest BCUT2D eigenvalue weighted by molar-refractivity contribution is -0.111. The molecule has 0 saturated heterocycles. The first-order chi connectivity index (χ1) is 14.7. The van der Waals surface area contributed by atoms with Crippen molar-refractivity contribution < 1.29 is 19.0 Å². The van der Waals surface area contributed by atoms with Crippen LogP contribution in [0.25, 0.3) is 6.08 Å². The maximum atomic E-state index is 12.2. The number of nitrogens with one attached hydrogen (secondary N) is 1. The molecule has 0 spiro atoms. The van der Waals surface area contributed by atoms with E-state index in [1.807, 2.05) is 79.7 Å². The van der Waals surface area contributed by atoms with Gasteiger partial charge >= 0.3 is 0 Å². The Kier molecular flexibility index (Phi) is 7.50. The number of methoxy groups -OCH3 is 1. The zero-order valence-electron chi connectivity index (χ0n) is 17.1. The Hall–Kier alpha value is -3.73. The van der Waals surface area contributed by atoms with Gasteiger partial charge in [0.15, 0.2) is 11.5 Å². The highest BCUT2D eigenvalue weighted by atomic mass is 16.5. The third kappa shape index (κ3) is 6.14. The van der Waals surface area contributed by atoms with E-state index in [1.165, 1.54) is 6.08 Å². The molecule has 3 aromatic rings. The predicted octanol–water partition coefficient (Wildman–Crippen LogP) is 5.32. The molecule has 3 rings (SSSR count). The summed E-state index contributed by atoms with van der Waals surface area (Å²) in [4.78, 5) is 12.2. The summed E-state index contributed by atoms with van der Waals surface area (Å²) >= 11 is 0. The minimum atomic E-state index is -0.221. The van der Waals surface area contributed by atoms with E-state index in [0.717, 1.165) is 16.9 Å². The van der Waals surface area contributed by atoms with Crippen LogP contribution in [0.2, 0.25) is 0 Å². The van der Waals surface area contributed by atoms with Gasteiger partial charge in [-0.1, -0.05) is 36.4 Å². The normalized spacial score (nSPS) is 10.6. The summed E-state index contributed by atoms with van der Waals surface area (Å²) < 4.78 is 16.6. The summed E-state index contributed by atoms with van der Waals surface area (Å²) in [6, 6.07) is 22.8. The van der Waals surface area contributed by atoms with Crippen LogP contribution in [0.15, 0.2) is 78.9 Å². The Morgan fingerprint density at radius 1 is 0.933 bits per heavy atom. The van der Waals surface area contributed by atoms with Crippen molar-refractivity contribution in [1.29, 1.82) is 0 Å². The number of carbonyl (C=O) groups excluding carboxylic acids is 1. The zero-order valence-corrected chi connectivity index (χ0v) is 17.1. The van der Waals surface area contributed by atoms with Crippen molar-refractivity contribution in [1.82, 2.24) is 0 Å². The molecule has 30 heavy (non-hydrogen) atoms. The molecular weight excluding hydrogens is 378 g/mol. The molecule has 3 aromatic carbocycles. The highest BCUT2D eigenvalue weighted by Crippen LogP contribution is 2.28. The van der Waals surface area contributed by atoms with E-state index >= 15 is 0 Å². The van der Waals surface area contributed by atoms with Crippen molar-refractivity contribution in [3.63, 3.8) is 0 Å². The number of anilines is 1. The van der Waals surface area contributed by atoms with Crippen LogP contribution < -0.4 is 19.5 Å². The molecule has 0 bridgehead atoms. The van der Waals surface area contributed by atoms with Gasteiger partial charge in [0.25, 0.3) is 0 Å². The van der Waals surface area contributed by atoms with E-state index in [2.05, 4.69) is 5.32 Å². The largest absolute Gasteiger partial charge is 0.493 e. The van der Waals surface area contributed by atoms with E-state index in [1.54, 1.807) is 13.2 Å². The minimum absolute atomic E-state index is 0.221. The molecular formula is C25H25NO4. The van der Waals surface area contributed by atoms with Crippen molar-refractivity contribution >= 4 is 17.7 Å². The second kappa shape index (κ2) is 10.7. The van der Waals surface area contributed by atoms with Crippen LogP contribution in [-0.2, 0) is 11.4 Å². The molecule has 0 unspecified atom stereocenters. The maximum Gasteiger partial charge on any atom is 0.248 e. The van der Waals surface area contributed by atoms with E-state index < -0.39 is 0 Å². The van der Waals surface area contributed by atoms with Crippen LogP contribution in [0.3, 0.4) is 0 Å². The van der Waals surface area contributed by atoms with E-state index in [9.17, 15) is 4.79 Å². The van der Waals surface area contributed by atoms with Gasteiger partial charge in [-0.2, -0.15) is 0 Å². The van der Waals surface area contributed by atoms with Gasteiger partial charge in [-0.15, -0.1) is 0 Å². The fraction of sp³-hybridized carbons (Fsp3) is 0.160. The second-order valence-electron chi connectivity index (χ2n) is 6.46. The first kappa shape index (κ1) is 21.0. The smallest absolute Gasteiger partial charge is 0.248 e. The van der Waals surface area contributed by atoms with Crippen LogP contribution >= 0.6 is 0 Å². The quantitative estimate of drug-likeness (QED) is 0.491. The number of hydrogen-bond acceptors (Lipinski definition) is 4. The Morgan fingerprint density at radius 3 is 2.40 bits per heavy atom. The van der Waals surface area contributed by atoms with Gasteiger partial charge in [0, 0.05) is 11.8 Å². The molecule has 0 aliphatic rings. The number of benzene rings is 3. The molecule has 0 radical (unpaired) electrons. The lowest BCUT2D eigenvalue weighted by Crippen LogP contribution is -2.07. The topological polar surface area (TPSA) is 56.8 Å². The molecule has 1 N–H and O–H groups in total. The minimum Gasteiger partial charge on any atom is -0.493 e. The molecule has 5 heteroatoms. The summed E-state index contributed by atoms with van der Waals surface area (Å²) in [5.41, 5.74) is 2.64. The SMILES string of the molecule is CCOc1ccc(/C=C/C(=O)Nc2ccc(OCc3ccccc3)cc2)cc1OC. The highest BCUT2D eigenvalue weighted by molar-refractivity contribution is 6.01. The van der Waals surface area contributed by atoms with Gasteiger partial charge in [-0.3, -0.25) is 4.79 Å². The monoisotopic (exact) mass is 403 g/mol. The van der Waals surface area contributed by atoms with Gasteiger partial charge in [0.05, 0.1) is 13.7 Å². The Morgan fingerprint density at radius 2 is 1.70 bits per heavy atom. The summed E-state index contributed by atoms with van der Waals surface area (Å²) in [6.45, 7) is 2.98. The number of hydrogen-bond donors (Lipinski definition) is 1. The summed E-state index contributed by atoms with van der Waals surface area (Å²) in [5, 5.41) is 2.84. The molecule has 0 aliphatic carbocycles. The van der Waals surface area contributed by atoms with E-state index in [0.29, 0.717) is 30.4 Å². The van der Waals surface area contributed by atoms with Crippen LogP contribution in [-0.4, -0.2) is 19.6 Å². The molecule has 0 aromatic heterocycles.